The molecular formula is C40H78O2. The molecule has 0 aliphatic rings. The third-order valence-corrected chi connectivity index (χ3v) is 8.90. The molecule has 2 nitrogen and oxygen atoms in total. The van der Waals surface area contributed by atoms with Crippen LogP contribution < -0.4 is 0 Å². The first kappa shape index (κ1) is 41.2. The van der Waals surface area contributed by atoms with Gasteiger partial charge in [0.2, 0.25) is 0 Å². The number of carbonyl (C=O) groups excluding carboxylic acids is 1. The van der Waals surface area contributed by atoms with E-state index in [0.29, 0.717) is 13.0 Å². The molecule has 42 heavy (non-hydrogen) atoms. The van der Waals surface area contributed by atoms with Gasteiger partial charge >= 0.3 is 5.97 Å². The van der Waals surface area contributed by atoms with E-state index in [1.807, 2.05) is 0 Å². The standard InChI is InChI=1S/C40H78O2/c1-3-5-7-9-11-13-15-17-19-20-21-22-23-24-25-26-28-30-32-34-36-38-40(41)42-39-37-35-33-31-29-27-18-16-14-12-10-8-6-4-2/h18,27H,3-17,19-26,28-39H2,1-2H3. The average Bonchev–Trinajstić information content (AvgIpc) is 3.00. The topological polar surface area (TPSA) is 26.3 Å². The van der Waals surface area contributed by atoms with Crippen molar-refractivity contribution in [2.45, 2.75) is 232 Å². The van der Waals surface area contributed by atoms with E-state index in [9.17, 15) is 4.79 Å². The van der Waals surface area contributed by atoms with Crippen molar-refractivity contribution in [2.24, 2.45) is 0 Å². The fourth-order valence-corrected chi connectivity index (χ4v) is 5.96. The normalized spacial score (nSPS) is 11.6. The number of hydrogen-bond acceptors (Lipinski definition) is 2. The largest absolute Gasteiger partial charge is 0.466 e. The van der Waals surface area contributed by atoms with Gasteiger partial charge in [-0.05, 0) is 38.5 Å². The van der Waals surface area contributed by atoms with Crippen molar-refractivity contribution in [3.8, 4) is 0 Å². The Hall–Kier alpha value is -0.790. The highest BCUT2D eigenvalue weighted by Gasteiger charge is 2.02. The summed E-state index contributed by atoms with van der Waals surface area (Å²) in [7, 11) is 0. The van der Waals surface area contributed by atoms with Gasteiger partial charge in [0.1, 0.15) is 0 Å². The highest BCUT2D eigenvalue weighted by atomic mass is 16.5. The second kappa shape index (κ2) is 38.2. The molecule has 0 N–H and O–H groups in total. The first-order valence-corrected chi connectivity index (χ1v) is 19.6. The van der Waals surface area contributed by atoms with Crippen LogP contribution in [0, 0.1) is 0 Å². The van der Waals surface area contributed by atoms with E-state index in [1.54, 1.807) is 0 Å². The van der Waals surface area contributed by atoms with Crippen molar-refractivity contribution < 1.29 is 9.53 Å². The van der Waals surface area contributed by atoms with Gasteiger partial charge in [-0.1, -0.05) is 199 Å². The minimum Gasteiger partial charge on any atom is -0.466 e. The first-order valence-electron chi connectivity index (χ1n) is 19.6. The van der Waals surface area contributed by atoms with E-state index in [-0.39, 0.29) is 5.97 Å². The van der Waals surface area contributed by atoms with Gasteiger partial charge in [0.25, 0.3) is 0 Å². The van der Waals surface area contributed by atoms with Gasteiger partial charge in [-0.15, -0.1) is 0 Å². The van der Waals surface area contributed by atoms with Crippen LogP contribution in [-0.4, -0.2) is 12.6 Å². The van der Waals surface area contributed by atoms with Gasteiger partial charge in [0.15, 0.2) is 0 Å². The fourth-order valence-electron chi connectivity index (χ4n) is 5.96. The lowest BCUT2D eigenvalue weighted by Crippen LogP contribution is -2.05. The number of unbranched alkanes of at least 4 members (excludes halogenated alkanes) is 30. The van der Waals surface area contributed by atoms with Crippen LogP contribution in [0.4, 0.5) is 0 Å². The minimum absolute atomic E-state index is 0.0189. The molecule has 0 amide bonds. The Balaban J connectivity index is 3.17. The lowest BCUT2D eigenvalue weighted by atomic mass is 10.0. The van der Waals surface area contributed by atoms with Crippen LogP contribution in [0.2, 0.25) is 0 Å². The van der Waals surface area contributed by atoms with E-state index in [0.717, 1.165) is 12.8 Å². The number of hydrogen-bond donors (Lipinski definition) is 0. The molecule has 2 heteroatoms. The molecule has 0 spiro atoms. The van der Waals surface area contributed by atoms with Gasteiger partial charge in [0, 0.05) is 6.42 Å². The molecule has 0 radical (unpaired) electrons. The van der Waals surface area contributed by atoms with Gasteiger partial charge in [-0.3, -0.25) is 4.79 Å². The minimum atomic E-state index is 0.0189. The lowest BCUT2D eigenvalue weighted by molar-refractivity contribution is -0.143. The van der Waals surface area contributed by atoms with Crippen LogP contribution in [0.3, 0.4) is 0 Å². The van der Waals surface area contributed by atoms with E-state index >= 15 is 0 Å². The fraction of sp³-hybridized carbons (Fsp3) is 0.925. The second-order valence-corrected chi connectivity index (χ2v) is 13.3. The Bertz CT molecular complexity index is 526. The SMILES string of the molecule is CCCCCCCCC=CCCCCCCOC(=O)CCCCCCCCCCCCCCCCCCCCCCC. The van der Waals surface area contributed by atoms with Gasteiger partial charge in [-0.25, -0.2) is 0 Å². The molecule has 0 saturated heterocycles. The third kappa shape index (κ3) is 37.2. The molecule has 0 aromatic rings. The predicted molar refractivity (Wildman–Crippen MR) is 188 cm³/mol. The number of carbonyl (C=O) groups is 1. The molecule has 0 bridgehead atoms. The summed E-state index contributed by atoms with van der Waals surface area (Å²) in [4.78, 5) is 11.9. The molecule has 0 fully saturated rings. The second-order valence-electron chi connectivity index (χ2n) is 13.3. The molecule has 250 valence electrons. The van der Waals surface area contributed by atoms with Crippen LogP contribution in [-0.2, 0) is 9.53 Å². The predicted octanol–water partition coefficient (Wildman–Crippen LogP) is 14.4. The summed E-state index contributed by atoms with van der Waals surface area (Å²) in [6.45, 7) is 5.19. The molecule has 0 aliphatic heterocycles. The molecule has 0 rings (SSSR count). The lowest BCUT2D eigenvalue weighted by Gasteiger charge is -2.05. The van der Waals surface area contributed by atoms with Gasteiger partial charge < -0.3 is 4.74 Å². The first-order chi connectivity index (χ1) is 20.8. The molecule has 0 saturated carbocycles. The van der Waals surface area contributed by atoms with E-state index in [4.69, 9.17) is 4.74 Å². The summed E-state index contributed by atoms with van der Waals surface area (Å²) >= 11 is 0. The van der Waals surface area contributed by atoms with Gasteiger partial charge in [-0.2, -0.15) is 0 Å². The van der Waals surface area contributed by atoms with Crippen LogP contribution in [0.25, 0.3) is 0 Å². The summed E-state index contributed by atoms with van der Waals surface area (Å²) in [5.74, 6) is 0.0189. The van der Waals surface area contributed by atoms with Crippen LogP contribution in [0.5, 0.6) is 0 Å². The van der Waals surface area contributed by atoms with Gasteiger partial charge in [0.05, 0.1) is 6.61 Å². The zero-order valence-electron chi connectivity index (χ0n) is 29.2. The Labute approximate surface area is 266 Å². The zero-order chi connectivity index (χ0) is 30.4. The summed E-state index contributed by atoms with van der Waals surface area (Å²) in [6.07, 6.45) is 50.1. The summed E-state index contributed by atoms with van der Waals surface area (Å²) < 4.78 is 5.44. The quantitative estimate of drug-likeness (QED) is 0.0412. The molecule has 0 heterocycles. The van der Waals surface area contributed by atoms with Crippen molar-refractivity contribution in [3.63, 3.8) is 0 Å². The number of ether oxygens (including phenoxy) is 1. The molecule has 0 aromatic carbocycles. The zero-order valence-corrected chi connectivity index (χ0v) is 29.2. The van der Waals surface area contributed by atoms with Crippen molar-refractivity contribution in [3.05, 3.63) is 12.2 Å². The Kier molecular flexibility index (Phi) is 37.5. The van der Waals surface area contributed by atoms with E-state index in [2.05, 4.69) is 26.0 Å². The maximum absolute atomic E-state index is 11.9. The highest BCUT2D eigenvalue weighted by molar-refractivity contribution is 5.69. The maximum atomic E-state index is 11.9. The Morgan fingerprint density at radius 3 is 1.02 bits per heavy atom. The summed E-state index contributed by atoms with van der Waals surface area (Å²) in [5, 5.41) is 0. The maximum Gasteiger partial charge on any atom is 0.305 e. The van der Waals surface area contributed by atoms with Crippen molar-refractivity contribution in [1.82, 2.24) is 0 Å². The monoisotopic (exact) mass is 591 g/mol. The average molecular weight is 591 g/mol. The molecule has 0 aliphatic carbocycles. The third-order valence-electron chi connectivity index (χ3n) is 8.90. The highest BCUT2D eigenvalue weighted by Crippen LogP contribution is 2.15. The van der Waals surface area contributed by atoms with E-state index in [1.165, 1.54) is 199 Å². The van der Waals surface area contributed by atoms with E-state index < -0.39 is 0 Å². The van der Waals surface area contributed by atoms with Crippen LogP contribution >= 0.6 is 0 Å². The molecule has 0 atom stereocenters. The Morgan fingerprint density at radius 2 is 0.667 bits per heavy atom. The summed E-state index contributed by atoms with van der Waals surface area (Å²) in [5.41, 5.74) is 0. The number of esters is 1. The van der Waals surface area contributed by atoms with Crippen LogP contribution in [0.15, 0.2) is 12.2 Å². The number of rotatable bonds is 36. The number of allylic oxidation sites excluding steroid dienone is 2. The van der Waals surface area contributed by atoms with Crippen molar-refractivity contribution in [1.29, 1.82) is 0 Å². The molecule has 0 unspecified atom stereocenters. The molecular weight excluding hydrogens is 512 g/mol. The van der Waals surface area contributed by atoms with Crippen molar-refractivity contribution >= 4 is 5.97 Å². The van der Waals surface area contributed by atoms with Crippen LogP contribution in [0.1, 0.15) is 232 Å². The Morgan fingerprint density at radius 1 is 0.381 bits per heavy atom. The smallest absolute Gasteiger partial charge is 0.305 e. The molecule has 0 aromatic heterocycles. The van der Waals surface area contributed by atoms with Crippen molar-refractivity contribution in [2.75, 3.05) is 6.61 Å². The summed E-state index contributed by atoms with van der Waals surface area (Å²) in [6, 6.07) is 0.